The van der Waals surface area contributed by atoms with Crippen molar-refractivity contribution in [3.8, 4) is 0 Å². The van der Waals surface area contributed by atoms with Crippen molar-refractivity contribution in [3.05, 3.63) is 30.1 Å². The number of carbonyl (C=O) groups excluding carboxylic acids is 1. The molecule has 21 heavy (non-hydrogen) atoms. The maximum absolute atomic E-state index is 12.3. The van der Waals surface area contributed by atoms with E-state index in [0.29, 0.717) is 6.54 Å². The van der Waals surface area contributed by atoms with E-state index in [0.717, 1.165) is 45.6 Å². The SMILES string of the molecule is CC(CCCN)C(=O)N1CCN(Cc2ccncc2)CC1. The highest BCUT2D eigenvalue weighted by atomic mass is 16.2. The zero-order valence-corrected chi connectivity index (χ0v) is 12.9. The van der Waals surface area contributed by atoms with Crippen molar-refractivity contribution in [3.63, 3.8) is 0 Å². The molecule has 2 rings (SSSR count). The van der Waals surface area contributed by atoms with Crippen LogP contribution in [0.5, 0.6) is 0 Å². The Bertz CT molecular complexity index is 429. The number of pyridine rings is 1. The van der Waals surface area contributed by atoms with Crippen molar-refractivity contribution < 1.29 is 4.79 Å². The zero-order valence-electron chi connectivity index (χ0n) is 12.9. The third-order valence-corrected chi connectivity index (χ3v) is 4.10. The fourth-order valence-corrected chi connectivity index (χ4v) is 2.73. The van der Waals surface area contributed by atoms with E-state index in [1.54, 1.807) is 0 Å². The lowest BCUT2D eigenvalue weighted by Gasteiger charge is -2.36. The minimum absolute atomic E-state index is 0.0975. The Morgan fingerprint density at radius 2 is 1.95 bits per heavy atom. The smallest absolute Gasteiger partial charge is 0.225 e. The van der Waals surface area contributed by atoms with Crippen molar-refractivity contribution >= 4 is 5.91 Å². The second kappa shape index (κ2) is 8.10. The molecule has 0 spiro atoms. The molecule has 0 bridgehead atoms. The molecule has 0 aliphatic carbocycles. The summed E-state index contributed by atoms with van der Waals surface area (Å²) in [5.41, 5.74) is 6.79. The first kappa shape index (κ1) is 15.9. The van der Waals surface area contributed by atoms with Crippen LogP contribution in [-0.4, -0.2) is 53.4 Å². The first-order valence-corrected chi connectivity index (χ1v) is 7.81. The van der Waals surface area contributed by atoms with Crippen LogP contribution < -0.4 is 5.73 Å². The van der Waals surface area contributed by atoms with Crippen LogP contribution in [0.25, 0.3) is 0 Å². The summed E-state index contributed by atoms with van der Waals surface area (Å²) in [6.45, 7) is 7.16. The number of carbonyl (C=O) groups is 1. The highest BCUT2D eigenvalue weighted by Gasteiger charge is 2.24. The van der Waals surface area contributed by atoms with Crippen molar-refractivity contribution in [2.45, 2.75) is 26.3 Å². The lowest BCUT2D eigenvalue weighted by Crippen LogP contribution is -2.49. The van der Waals surface area contributed by atoms with Crippen molar-refractivity contribution in [1.82, 2.24) is 14.8 Å². The van der Waals surface area contributed by atoms with Gasteiger partial charge in [-0.1, -0.05) is 6.92 Å². The molecule has 5 heteroatoms. The minimum Gasteiger partial charge on any atom is -0.340 e. The van der Waals surface area contributed by atoms with Crippen molar-refractivity contribution in [2.24, 2.45) is 11.7 Å². The molecule has 1 aliphatic rings. The number of piperazine rings is 1. The molecule has 0 aromatic carbocycles. The Labute approximate surface area is 127 Å². The number of nitrogens with two attached hydrogens (primary N) is 1. The highest BCUT2D eigenvalue weighted by molar-refractivity contribution is 5.78. The van der Waals surface area contributed by atoms with Crippen LogP contribution in [0, 0.1) is 5.92 Å². The van der Waals surface area contributed by atoms with Crippen LogP contribution in [-0.2, 0) is 11.3 Å². The van der Waals surface area contributed by atoms with Gasteiger partial charge in [-0.2, -0.15) is 0 Å². The third-order valence-electron chi connectivity index (χ3n) is 4.10. The van der Waals surface area contributed by atoms with E-state index in [9.17, 15) is 4.79 Å². The van der Waals surface area contributed by atoms with E-state index in [1.165, 1.54) is 5.56 Å². The van der Waals surface area contributed by atoms with Gasteiger partial charge in [0.1, 0.15) is 0 Å². The van der Waals surface area contributed by atoms with Gasteiger partial charge in [-0.15, -0.1) is 0 Å². The highest BCUT2D eigenvalue weighted by Crippen LogP contribution is 2.13. The molecule has 1 aliphatic heterocycles. The van der Waals surface area contributed by atoms with E-state index < -0.39 is 0 Å². The van der Waals surface area contributed by atoms with Gasteiger partial charge in [-0.3, -0.25) is 14.7 Å². The minimum atomic E-state index is 0.0975. The molecule has 0 radical (unpaired) electrons. The molecule has 1 fully saturated rings. The van der Waals surface area contributed by atoms with Gasteiger partial charge in [-0.25, -0.2) is 0 Å². The van der Waals surface area contributed by atoms with Crippen molar-refractivity contribution in [2.75, 3.05) is 32.7 Å². The standard InChI is InChI=1S/C16H26N4O/c1-14(3-2-6-17)16(21)20-11-9-19(10-12-20)13-15-4-7-18-8-5-15/h4-5,7-8,14H,2-3,6,9-13,17H2,1H3. The average Bonchev–Trinajstić information content (AvgIpc) is 2.53. The maximum atomic E-state index is 12.3. The van der Waals surface area contributed by atoms with Gasteiger partial charge >= 0.3 is 0 Å². The van der Waals surface area contributed by atoms with Gasteiger partial charge < -0.3 is 10.6 Å². The lowest BCUT2D eigenvalue weighted by molar-refractivity contribution is -0.137. The maximum Gasteiger partial charge on any atom is 0.225 e. The molecule has 1 unspecified atom stereocenters. The summed E-state index contributed by atoms with van der Waals surface area (Å²) in [6.07, 6.45) is 5.48. The fourth-order valence-electron chi connectivity index (χ4n) is 2.73. The molecule has 1 saturated heterocycles. The van der Waals surface area contributed by atoms with Crippen LogP contribution in [0.4, 0.5) is 0 Å². The normalized spacial score (nSPS) is 17.7. The zero-order chi connectivity index (χ0) is 15.1. The van der Waals surface area contributed by atoms with Crippen LogP contribution in [0.15, 0.2) is 24.5 Å². The second-order valence-corrected chi connectivity index (χ2v) is 5.79. The van der Waals surface area contributed by atoms with Crippen LogP contribution in [0.2, 0.25) is 0 Å². The molecule has 5 nitrogen and oxygen atoms in total. The first-order valence-electron chi connectivity index (χ1n) is 7.81. The van der Waals surface area contributed by atoms with Gasteiger partial charge in [0.2, 0.25) is 5.91 Å². The monoisotopic (exact) mass is 290 g/mol. The predicted molar refractivity (Wildman–Crippen MR) is 83.5 cm³/mol. The summed E-state index contributed by atoms with van der Waals surface area (Å²) in [5.74, 6) is 0.382. The molecule has 0 saturated carbocycles. The fraction of sp³-hybridized carbons (Fsp3) is 0.625. The Morgan fingerprint density at radius 3 is 2.57 bits per heavy atom. The number of aromatic nitrogens is 1. The number of hydrogen-bond acceptors (Lipinski definition) is 4. The molecular weight excluding hydrogens is 264 g/mol. The molecule has 2 N–H and O–H groups in total. The second-order valence-electron chi connectivity index (χ2n) is 5.79. The molecule has 2 heterocycles. The molecule has 1 aromatic heterocycles. The number of amides is 1. The Morgan fingerprint density at radius 1 is 1.29 bits per heavy atom. The molecule has 1 aromatic rings. The largest absolute Gasteiger partial charge is 0.340 e. The average molecular weight is 290 g/mol. The molecule has 1 atom stereocenters. The quantitative estimate of drug-likeness (QED) is 0.852. The van der Waals surface area contributed by atoms with E-state index in [2.05, 4.69) is 9.88 Å². The van der Waals surface area contributed by atoms with E-state index in [-0.39, 0.29) is 11.8 Å². The number of hydrogen-bond donors (Lipinski definition) is 1. The summed E-state index contributed by atoms with van der Waals surface area (Å²) >= 11 is 0. The third kappa shape index (κ3) is 4.79. The Hall–Kier alpha value is -1.46. The number of nitrogens with zero attached hydrogens (tertiary/aromatic N) is 3. The summed E-state index contributed by atoms with van der Waals surface area (Å²) in [7, 11) is 0. The first-order chi connectivity index (χ1) is 10.2. The van der Waals surface area contributed by atoms with Gasteiger partial charge in [0, 0.05) is 51.0 Å². The molecular formula is C16H26N4O. The van der Waals surface area contributed by atoms with E-state index in [4.69, 9.17) is 5.73 Å². The van der Waals surface area contributed by atoms with Crippen LogP contribution in [0.1, 0.15) is 25.3 Å². The van der Waals surface area contributed by atoms with Gasteiger partial charge in [0.15, 0.2) is 0 Å². The van der Waals surface area contributed by atoms with Gasteiger partial charge in [-0.05, 0) is 37.1 Å². The summed E-state index contributed by atoms with van der Waals surface area (Å²) in [6, 6.07) is 4.10. The predicted octanol–water partition coefficient (Wildman–Crippen LogP) is 1.10. The summed E-state index contributed by atoms with van der Waals surface area (Å²) in [4.78, 5) is 20.8. The topological polar surface area (TPSA) is 62.5 Å². The molecule has 1 amide bonds. The van der Waals surface area contributed by atoms with E-state index in [1.807, 2.05) is 36.4 Å². The summed E-state index contributed by atoms with van der Waals surface area (Å²) in [5, 5.41) is 0. The Balaban J connectivity index is 1.76. The summed E-state index contributed by atoms with van der Waals surface area (Å²) < 4.78 is 0. The Kier molecular flexibility index (Phi) is 6.14. The van der Waals surface area contributed by atoms with Gasteiger partial charge in [0.05, 0.1) is 0 Å². The van der Waals surface area contributed by atoms with Gasteiger partial charge in [0.25, 0.3) is 0 Å². The lowest BCUT2D eigenvalue weighted by atomic mass is 10.0. The molecule has 116 valence electrons. The van der Waals surface area contributed by atoms with Crippen molar-refractivity contribution in [1.29, 1.82) is 0 Å². The van der Waals surface area contributed by atoms with Crippen LogP contribution >= 0.6 is 0 Å². The van der Waals surface area contributed by atoms with Crippen LogP contribution in [0.3, 0.4) is 0 Å². The van der Waals surface area contributed by atoms with E-state index >= 15 is 0 Å². The number of rotatable bonds is 6.